The molecule has 0 amide bonds. The largest absolute Gasteiger partial charge is 0.493 e. The van der Waals surface area contributed by atoms with Gasteiger partial charge in [-0.1, -0.05) is 19.9 Å². The highest BCUT2D eigenvalue weighted by molar-refractivity contribution is 5.45. The summed E-state index contributed by atoms with van der Waals surface area (Å²) >= 11 is 0. The number of ether oxygens (including phenoxy) is 2. The van der Waals surface area contributed by atoms with Gasteiger partial charge in [0.2, 0.25) is 5.95 Å². The lowest BCUT2D eigenvalue weighted by atomic mass is 10.1. The van der Waals surface area contributed by atoms with E-state index in [2.05, 4.69) is 34.4 Å². The van der Waals surface area contributed by atoms with Crippen molar-refractivity contribution in [3.05, 3.63) is 35.5 Å². The first-order valence-electron chi connectivity index (χ1n) is 8.56. The van der Waals surface area contributed by atoms with Crippen LogP contribution in [0.15, 0.2) is 24.3 Å². The molecule has 0 spiro atoms. The Morgan fingerprint density at radius 1 is 1.00 bits per heavy atom. The summed E-state index contributed by atoms with van der Waals surface area (Å²) in [6.07, 6.45) is 1.11. The van der Waals surface area contributed by atoms with Gasteiger partial charge < -0.3 is 20.1 Å². The van der Waals surface area contributed by atoms with E-state index in [-0.39, 0.29) is 0 Å². The standard InChI is InChI=1S/C19H28N4O2/c1-13(2)8-9-20-18-10-14(3)22-19(23-18)21-12-15-6-7-16(24-4)17(11-15)25-5/h6-7,10-11,13H,8-9,12H2,1-5H3,(H2,20,21,22,23). The summed E-state index contributed by atoms with van der Waals surface area (Å²) in [5, 5.41) is 6.63. The van der Waals surface area contributed by atoms with Crippen LogP contribution < -0.4 is 20.1 Å². The molecule has 0 bridgehead atoms. The van der Waals surface area contributed by atoms with Crippen LogP contribution in [0.3, 0.4) is 0 Å². The third-order valence-corrected chi connectivity index (χ3v) is 3.78. The SMILES string of the molecule is COc1ccc(CNc2nc(C)cc(NCCC(C)C)n2)cc1OC. The van der Waals surface area contributed by atoms with Crippen molar-refractivity contribution in [2.24, 2.45) is 5.92 Å². The minimum atomic E-state index is 0.606. The number of nitrogens with zero attached hydrogens (tertiary/aromatic N) is 2. The zero-order valence-electron chi connectivity index (χ0n) is 15.7. The third-order valence-electron chi connectivity index (χ3n) is 3.78. The highest BCUT2D eigenvalue weighted by atomic mass is 16.5. The van der Waals surface area contributed by atoms with Gasteiger partial charge in [-0.25, -0.2) is 4.98 Å². The number of aryl methyl sites for hydroxylation is 1. The second kappa shape index (κ2) is 9.11. The van der Waals surface area contributed by atoms with E-state index in [0.29, 0.717) is 24.2 Å². The van der Waals surface area contributed by atoms with E-state index in [1.54, 1.807) is 14.2 Å². The molecule has 2 rings (SSSR count). The van der Waals surface area contributed by atoms with Crippen LogP contribution in [0, 0.1) is 12.8 Å². The molecule has 1 heterocycles. The van der Waals surface area contributed by atoms with Crippen LogP contribution in [0.25, 0.3) is 0 Å². The minimum Gasteiger partial charge on any atom is -0.493 e. The first-order valence-corrected chi connectivity index (χ1v) is 8.56. The van der Waals surface area contributed by atoms with E-state index in [1.807, 2.05) is 31.2 Å². The summed E-state index contributed by atoms with van der Waals surface area (Å²) in [7, 11) is 3.26. The van der Waals surface area contributed by atoms with Crippen molar-refractivity contribution >= 4 is 11.8 Å². The van der Waals surface area contributed by atoms with Crippen molar-refractivity contribution in [1.29, 1.82) is 0 Å². The summed E-state index contributed by atoms with van der Waals surface area (Å²) in [4.78, 5) is 8.98. The predicted molar refractivity (Wildman–Crippen MR) is 102 cm³/mol. The molecule has 136 valence electrons. The molecule has 0 saturated carbocycles. The van der Waals surface area contributed by atoms with Crippen molar-refractivity contribution in [3.63, 3.8) is 0 Å². The highest BCUT2D eigenvalue weighted by Gasteiger charge is 2.06. The summed E-state index contributed by atoms with van der Waals surface area (Å²) in [5.74, 6) is 3.56. The number of benzene rings is 1. The Balaban J connectivity index is 2.01. The van der Waals surface area contributed by atoms with E-state index in [9.17, 15) is 0 Å². The van der Waals surface area contributed by atoms with Gasteiger partial charge in [-0.3, -0.25) is 0 Å². The topological polar surface area (TPSA) is 68.3 Å². The van der Waals surface area contributed by atoms with Gasteiger partial charge in [-0.2, -0.15) is 4.98 Å². The lowest BCUT2D eigenvalue weighted by Crippen LogP contribution is -2.10. The van der Waals surface area contributed by atoms with Crippen LogP contribution in [0.5, 0.6) is 11.5 Å². The second-order valence-corrected chi connectivity index (χ2v) is 6.37. The Hall–Kier alpha value is -2.50. The maximum atomic E-state index is 5.34. The monoisotopic (exact) mass is 344 g/mol. The summed E-state index contributed by atoms with van der Waals surface area (Å²) in [6, 6.07) is 7.79. The first-order chi connectivity index (χ1) is 12.0. The lowest BCUT2D eigenvalue weighted by molar-refractivity contribution is 0.354. The Morgan fingerprint density at radius 3 is 2.44 bits per heavy atom. The lowest BCUT2D eigenvalue weighted by Gasteiger charge is -2.12. The molecule has 0 radical (unpaired) electrons. The highest BCUT2D eigenvalue weighted by Crippen LogP contribution is 2.27. The second-order valence-electron chi connectivity index (χ2n) is 6.37. The van der Waals surface area contributed by atoms with Crippen molar-refractivity contribution in [2.45, 2.75) is 33.7 Å². The Kier molecular flexibility index (Phi) is 6.86. The number of hydrogen-bond acceptors (Lipinski definition) is 6. The fraction of sp³-hybridized carbons (Fsp3) is 0.474. The van der Waals surface area contributed by atoms with Crippen LogP contribution in [0.1, 0.15) is 31.5 Å². The molecule has 1 aromatic heterocycles. The molecule has 0 fully saturated rings. The normalized spacial score (nSPS) is 10.6. The van der Waals surface area contributed by atoms with Gasteiger partial charge in [-0.15, -0.1) is 0 Å². The molecule has 1 aromatic carbocycles. The molecule has 0 saturated heterocycles. The molecule has 25 heavy (non-hydrogen) atoms. The average molecular weight is 344 g/mol. The van der Waals surface area contributed by atoms with Crippen molar-refractivity contribution < 1.29 is 9.47 Å². The summed E-state index contributed by atoms with van der Waals surface area (Å²) in [5.41, 5.74) is 1.99. The zero-order valence-corrected chi connectivity index (χ0v) is 15.7. The van der Waals surface area contributed by atoms with Crippen LogP contribution in [0.4, 0.5) is 11.8 Å². The Bertz CT molecular complexity index is 689. The first kappa shape index (κ1) is 18.8. The Morgan fingerprint density at radius 2 is 1.76 bits per heavy atom. The molecule has 6 nitrogen and oxygen atoms in total. The molecule has 0 atom stereocenters. The van der Waals surface area contributed by atoms with Gasteiger partial charge in [0.15, 0.2) is 11.5 Å². The van der Waals surface area contributed by atoms with Crippen molar-refractivity contribution in [2.75, 3.05) is 31.4 Å². The molecule has 2 aromatic rings. The van der Waals surface area contributed by atoms with Gasteiger partial charge in [0.25, 0.3) is 0 Å². The number of methoxy groups -OCH3 is 2. The van der Waals surface area contributed by atoms with Crippen molar-refractivity contribution in [3.8, 4) is 11.5 Å². The number of hydrogen-bond donors (Lipinski definition) is 2. The fourth-order valence-electron chi connectivity index (χ4n) is 2.40. The van der Waals surface area contributed by atoms with Crippen LogP contribution in [-0.4, -0.2) is 30.7 Å². The molecule has 0 aliphatic rings. The number of aromatic nitrogens is 2. The van der Waals surface area contributed by atoms with E-state index < -0.39 is 0 Å². The van der Waals surface area contributed by atoms with Crippen molar-refractivity contribution in [1.82, 2.24) is 9.97 Å². The molecule has 2 N–H and O–H groups in total. The zero-order chi connectivity index (χ0) is 18.2. The summed E-state index contributed by atoms with van der Waals surface area (Å²) in [6.45, 7) is 7.90. The van der Waals surface area contributed by atoms with E-state index >= 15 is 0 Å². The molecule has 0 aliphatic heterocycles. The van der Waals surface area contributed by atoms with Gasteiger partial charge >= 0.3 is 0 Å². The maximum Gasteiger partial charge on any atom is 0.225 e. The third kappa shape index (κ3) is 5.81. The van der Waals surface area contributed by atoms with E-state index in [1.165, 1.54) is 0 Å². The van der Waals surface area contributed by atoms with Gasteiger partial charge in [0, 0.05) is 24.8 Å². The molecular weight excluding hydrogens is 316 g/mol. The Labute approximate surface area is 150 Å². The minimum absolute atomic E-state index is 0.606. The number of anilines is 2. The number of rotatable bonds is 9. The maximum absolute atomic E-state index is 5.34. The van der Waals surface area contributed by atoms with E-state index in [4.69, 9.17) is 9.47 Å². The van der Waals surface area contributed by atoms with Gasteiger partial charge in [0.05, 0.1) is 14.2 Å². The fourth-order valence-corrected chi connectivity index (χ4v) is 2.40. The van der Waals surface area contributed by atoms with Crippen LogP contribution >= 0.6 is 0 Å². The smallest absolute Gasteiger partial charge is 0.225 e. The van der Waals surface area contributed by atoms with Gasteiger partial charge in [-0.05, 0) is 37.0 Å². The number of nitrogens with one attached hydrogen (secondary N) is 2. The molecule has 0 aliphatic carbocycles. The molecular formula is C19H28N4O2. The van der Waals surface area contributed by atoms with Gasteiger partial charge in [0.1, 0.15) is 5.82 Å². The summed E-state index contributed by atoms with van der Waals surface area (Å²) < 4.78 is 10.6. The van der Waals surface area contributed by atoms with Crippen LogP contribution in [-0.2, 0) is 6.54 Å². The molecule has 6 heteroatoms. The quantitative estimate of drug-likeness (QED) is 0.720. The molecule has 0 unspecified atom stereocenters. The average Bonchev–Trinajstić information content (AvgIpc) is 2.59. The van der Waals surface area contributed by atoms with E-state index in [0.717, 1.165) is 35.8 Å². The predicted octanol–water partition coefficient (Wildman–Crippen LogP) is 3.87. The van der Waals surface area contributed by atoms with Crippen LogP contribution in [0.2, 0.25) is 0 Å².